The van der Waals surface area contributed by atoms with Crippen LogP contribution in [-0.2, 0) is 4.79 Å². The zero-order valence-electron chi connectivity index (χ0n) is 15.9. The zero-order valence-corrected chi connectivity index (χ0v) is 15.9. The van der Waals surface area contributed by atoms with Gasteiger partial charge in [0.15, 0.2) is 11.9 Å². The molecule has 28 heavy (non-hydrogen) atoms. The molecule has 7 heteroatoms. The average Bonchev–Trinajstić information content (AvgIpc) is 3.10. The van der Waals surface area contributed by atoms with Gasteiger partial charge in [-0.3, -0.25) is 20.4 Å². The highest BCUT2D eigenvalue weighted by Gasteiger charge is 2.18. The number of furan rings is 1. The molecule has 0 aliphatic rings. The number of fused-ring (bicyclic) bond motifs is 1. The Hall–Kier alpha value is -3.48. The van der Waals surface area contributed by atoms with Gasteiger partial charge in [0, 0.05) is 5.39 Å². The Balaban J connectivity index is 1.53. The number of hydrogen-bond acceptors (Lipinski definition) is 5. The van der Waals surface area contributed by atoms with E-state index in [2.05, 4.69) is 10.9 Å². The molecule has 1 atom stereocenters. The van der Waals surface area contributed by atoms with Gasteiger partial charge in [-0.2, -0.15) is 0 Å². The molecule has 0 saturated heterocycles. The van der Waals surface area contributed by atoms with Crippen LogP contribution in [0.2, 0.25) is 0 Å². The van der Waals surface area contributed by atoms with Gasteiger partial charge in [-0.25, -0.2) is 0 Å². The van der Waals surface area contributed by atoms with Gasteiger partial charge in [-0.1, -0.05) is 11.6 Å². The number of carbonyl (C=O) groups excluding carboxylic acids is 2. The van der Waals surface area contributed by atoms with Crippen LogP contribution in [0.3, 0.4) is 0 Å². The minimum absolute atomic E-state index is 0.112. The molecule has 1 heterocycles. The number of carbonyl (C=O) groups is 2. The van der Waals surface area contributed by atoms with Crippen LogP contribution in [0.5, 0.6) is 11.5 Å². The van der Waals surface area contributed by atoms with E-state index in [1.54, 1.807) is 43.3 Å². The lowest BCUT2D eigenvalue weighted by Crippen LogP contribution is -2.47. The molecule has 3 rings (SSSR count). The summed E-state index contributed by atoms with van der Waals surface area (Å²) in [5.74, 6) is 0.316. The van der Waals surface area contributed by atoms with Crippen molar-refractivity contribution >= 4 is 22.8 Å². The minimum atomic E-state index is -0.809. The van der Waals surface area contributed by atoms with Crippen LogP contribution in [0.15, 0.2) is 52.9 Å². The van der Waals surface area contributed by atoms with Crippen molar-refractivity contribution in [2.75, 3.05) is 6.61 Å². The molecular formula is C21H22N2O5. The quantitative estimate of drug-likeness (QED) is 0.638. The van der Waals surface area contributed by atoms with Crippen LogP contribution in [0.4, 0.5) is 0 Å². The van der Waals surface area contributed by atoms with Crippen molar-refractivity contribution in [1.82, 2.24) is 10.9 Å². The number of nitrogens with one attached hydrogen (secondary N) is 2. The molecule has 146 valence electrons. The van der Waals surface area contributed by atoms with Crippen molar-refractivity contribution in [3.8, 4) is 11.5 Å². The number of hydrogen-bond donors (Lipinski definition) is 2. The molecule has 0 aliphatic heterocycles. The summed E-state index contributed by atoms with van der Waals surface area (Å²) in [5, 5.41) is 0.823. The number of benzene rings is 2. The zero-order chi connectivity index (χ0) is 20.1. The third-order valence-corrected chi connectivity index (χ3v) is 4.01. The lowest BCUT2D eigenvalue weighted by atomic mass is 10.2. The molecule has 3 aromatic rings. The third kappa shape index (κ3) is 4.62. The molecule has 0 spiro atoms. The van der Waals surface area contributed by atoms with E-state index in [4.69, 9.17) is 13.9 Å². The first kappa shape index (κ1) is 19.3. The fourth-order valence-corrected chi connectivity index (χ4v) is 2.60. The van der Waals surface area contributed by atoms with Crippen LogP contribution in [0.1, 0.15) is 30.0 Å². The first-order chi connectivity index (χ1) is 13.5. The largest absolute Gasteiger partial charge is 0.494 e. The maximum atomic E-state index is 12.2. The SMILES string of the molecule is CCOc1ccc(OC(C)C(=O)NNC(=O)c2cc3cc(C)ccc3o2)cc1. The highest BCUT2D eigenvalue weighted by molar-refractivity contribution is 5.97. The van der Waals surface area contributed by atoms with Gasteiger partial charge in [-0.05, 0) is 63.2 Å². The predicted molar refractivity (Wildman–Crippen MR) is 104 cm³/mol. The first-order valence-corrected chi connectivity index (χ1v) is 8.96. The Kier molecular flexibility index (Phi) is 5.84. The normalized spacial score (nSPS) is 11.7. The van der Waals surface area contributed by atoms with E-state index in [9.17, 15) is 9.59 Å². The summed E-state index contributed by atoms with van der Waals surface area (Å²) in [4.78, 5) is 24.4. The van der Waals surface area contributed by atoms with Crippen LogP contribution >= 0.6 is 0 Å². The molecule has 0 fully saturated rings. The Morgan fingerprint density at radius 1 is 1.04 bits per heavy atom. The van der Waals surface area contributed by atoms with E-state index < -0.39 is 17.9 Å². The summed E-state index contributed by atoms with van der Waals surface area (Å²) < 4.78 is 16.4. The lowest BCUT2D eigenvalue weighted by molar-refractivity contribution is -0.128. The van der Waals surface area contributed by atoms with Gasteiger partial charge in [-0.15, -0.1) is 0 Å². The summed E-state index contributed by atoms with van der Waals surface area (Å²) in [6.07, 6.45) is -0.809. The molecule has 2 aromatic carbocycles. The van der Waals surface area contributed by atoms with Gasteiger partial charge < -0.3 is 13.9 Å². The van der Waals surface area contributed by atoms with Gasteiger partial charge in [0.1, 0.15) is 17.1 Å². The fourth-order valence-electron chi connectivity index (χ4n) is 2.60. The van der Waals surface area contributed by atoms with Crippen molar-refractivity contribution in [2.45, 2.75) is 26.9 Å². The summed E-state index contributed by atoms with van der Waals surface area (Å²) in [6.45, 7) is 6.02. The van der Waals surface area contributed by atoms with Crippen LogP contribution in [0, 0.1) is 6.92 Å². The second-order valence-electron chi connectivity index (χ2n) is 6.26. The number of rotatable bonds is 6. The van der Waals surface area contributed by atoms with Gasteiger partial charge >= 0.3 is 5.91 Å². The molecular weight excluding hydrogens is 360 g/mol. The summed E-state index contributed by atoms with van der Waals surface area (Å²) in [5.41, 5.74) is 6.34. The molecule has 0 bridgehead atoms. The molecule has 0 radical (unpaired) electrons. The minimum Gasteiger partial charge on any atom is -0.494 e. The molecule has 0 saturated carbocycles. The summed E-state index contributed by atoms with van der Waals surface area (Å²) >= 11 is 0. The number of amides is 2. The monoisotopic (exact) mass is 382 g/mol. The molecule has 1 aromatic heterocycles. The second kappa shape index (κ2) is 8.47. The predicted octanol–water partition coefficient (Wildman–Crippen LogP) is 3.37. The highest BCUT2D eigenvalue weighted by atomic mass is 16.5. The van der Waals surface area contributed by atoms with Crippen molar-refractivity contribution in [1.29, 1.82) is 0 Å². The summed E-state index contributed by atoms with van der Waals surface area (Å²) in [7, 11) is 0. The molecule has 2 amide bonds. The van der Waals surface area contributed by atoms with Gasteiger partial charge in [0.2, 0.25) is 0 Å². The lowest BCUT2D eigenvalue weighted by Gasteiger charge is -2.15. The Bertz CT molecular complexity index is 978. The van der Waals surface area contributed by atoms with Crippen LogP contribution < -0.4 is 20.3 Å². The van der Waals surface area contributed by atoms with Crippen molar-refractivity contribution in [3.63, 3.8) is 0 Å². The van der Waals surface area contributed by atoms with E-state index >= 15 is 0 Å². The van der Waals surface area contributed by atoms with Crippen LogP contribution in [0.25, 0.3) is 11.0 Å². The standard InChI is InChI=1S/C21H22N2O5/c1-4-26-16-6-8-17(9-7-16)27-14(3)20(24)22-23-21(25)19-12-15-11-13(2)5-10-18(15)28-19/h5-12,14H,4H2,1-3H3,(H,22,24)(H,23,25). The smallest absolute Gasteiger partial charge is 0.305 e. The number of hydrazine groups is 1. The summed E-state index contributed by atoms with van der Waals surface area (Å²) in [6, 6.07) is 14.2. The molecule has 1 unspecified atom stereocenters. The van der Waals surface area contributed by atoms with Crippen molar-refractivity contribution in [2.24, 2.45) is 0 Å². The average molecular weight is 382 g/mol. The Labute approximate surface area is 162 Å². The first-order valence-electron chi connectivity index (χ1n) is 8.96. The van der Waals surface area contributed by atoms with Crippen LogP contribution in [-0.4, -0.2) is 24.5 Å². The number of ether oxygens (including phenoxy) is 2. The van der Waals surface area contributed by atoms with E-state index in [0.29, 0.717) is 17.9 Å². The van der Waals surface area contributed by atoms with Gasteiger partial charge in [0.25, 0.3) is 5.91 Å². The molecule has 7 nitrogen and oxygen atoms in total. The van der Waals surface area contributed by atoms with E-state index in [-0.39, 0.29) is 5.76 Å². The van der Waals surface area contributed by atoms with Crippen molar-refractivity contribution in [3.05, 3.63) is 59.9 Å². The second-order valence-corrected chi connectivity index (χ2v) is 6.26. The van der Waals surface area contributed by atoms with E-state index in [1.807, 2.05) is 26.0 Å². The van der Waals surface area contributed by atoms with Crippen molar-refractivity contribution < 1.29 is 23.5 Å². The maximum Gasteiger partial charge on any atom is 0.305 e. The van der Waals surface area contributed by atoms with Gasteiger partial charge in [0.05, 0.1) is 6.61 Å². The fraction of sp³-hybridized carbons (Fsp3) is 0.238. The molecule has 2 N–H and O–H groups in total. The van der Waals surface area contributed by atoms with E-state index in [0.717, 1.165) is 16.7 Å². The topological polar surface area (TPSA) is 89.8 Å². The Morgan fingerprint density at radius 3 is 2.46 bits per heavy atom. The number of aryl methyl sites for hydroxylation is 1. The third-order valence-electron chi connectivity index (χ3n) is 4.01. The van der Waals surface area contributed by atoms with E-state index in [1.165, 1.54) is 0 Å². The highest BCUT2D eigenvalue weighted by Crippen LogP contribution is 2.21. The molecule has 0 aliphatic carbocycles. The maximum absolute atomic E-state index is 12.2. The Morgan fingerprint density at radius 2 is 1.75 bits per heavy atom.